The summed E-state index contributed by atoms with van der Waals surface area (Å²) in [6, 6.07) is 30.0. The standard InChI is InChI=1S/C16H16O3S.C16H14OS.CH4/c17-16-8-4-5-12-11-14(9-10-15(12)16)20(18,19)13-6-2-1-3-7-13;17-16-8-4-5-12-11-14(9-10-15(12)16)18-13-6-2-1-3-7-13;/h1-3,6-7,9-11,16-17H,4-5,8H2;1-3,6-7,9-11H,4-5,8H2;1H4/t16-;;/m1../s1. The first kappa shape index (κ1) is 28.8. The lowest BCUT2D eigenvalue weighted by molar-refractivity contribution is 0.0972. The zero-order valence-corrected chi connectivity index (χ0v) is 22.7. The van der Waals surface area contributed by atoms with Crippen LogP contribution in [0.2, 0.25) is 0 Å². The number of carbonyl (C=O) groups excluding carboxylic acids is 1. The van der Waals surface area contributed by atoms with E-state index in [0.717, 1.165) is 48.8 Å². The normalized spacial score (nSPS) is 16.1. The second-order valence-electron chi connectivity index (χ2n) is 9.60. The van der Waals surface area contributed by atoms with Gasteiger partial charge < -0.3 is 5.11 Å². The van der Waals surface area contributed by atoms with Crippen molar-refractivity contribution in [1.82, 2.24) is 0 Å². The third-order valence-electron chi connectivity index (χ3n) is 6.97. The zero-order chi connectivity index (χ0) is 26.5. The van der Waals surface area contributed by atoms with Crippen LogP contribution < -0.4 is 0 Å². The van der Waals surface area contributed by atoms with E-state index in [-0.39, 0.29) is 7.43 Å². The molecule has 0 unspecified atom stereocenters. The van der Waals surface area contributed by atoms with Crippen LogP contribution in [-0.4, -0.2) is 19.3 Å². The van der Waals surface area contributed by atoms with E-state index in [1.54, 1.807) is 60.3 Å². The Kier molecular flexibility index (Phi) is 9.44. The molecule has 2 aliphatic carbocycles. The molecule has 4 nitrogen and oxygen atoms in total. The molecule has 1 atom stereocenters. The van der Waals surface area contributed by atoms with Crippen LogP contribution >= 0.6 is 11.8 Å². The zero-order valence-electron chi connectivity index (χ0n) is 21.0. The topological polar surface area (TPSA) is 71.4 Å². The maximum atomic E-state index is 12.5. The van der Waals surface area contributed by atoms with Crippen molar-refractivity contribution >= 4 is 27.4 Å². The van der Waals surface area contributed by atoms with E-state index in [2.05, 4.69) is 24.3 Å². The van der Waals surface area contributed by atoms with Gasteiger partial charge in [0.25, 0.3) is 0 Å². The molecule has 0 saturated heterocycles. The Bertz CT molecular complexity index is 1530. The molecule has 0 radical (unpaired) electrons. The molecule has 0 saturated carbocycles. The molecular formula is C33H34O4S2. The van der Waals surface area contributed by atoms with Crippen LogP contribution in [0, 0.1) is 0 Å². The van der Waals surface area contributed by atoms with E-state index in [4.69, 9.17) is 0 Å². The number of aliphatic hydroxyl groups is 1. The van der Waals surface area contributed by atoms with Gasteiger partial charge in [-0.3, -0.25) is 4.79 Å². The van der Waals surface area contributed by atoms with Gasteiger partial charge in [-0.15, -0.1) is 0 Å². The van der Waals surface area contributed by atoms with Crippen molar-refractivity contribution in [2.24, 2.45) is 0 Å². The van der Waals surface area contributed by atoms with E-state index in [0.29, 0.717) is 22.0 Å². The Morgan fingerprint density at radius 1 is 0.692 bits per heavy atom. The molecule has 4 aromatic rings. The minimum absolute atomic E-state index is 0. The van der Waals surface area contributed by atoms with Crippen LogP contribution in [0.15, 0.2) is 117 Å². The van der Waals surface area contributed by atoms with Gasteiger partial charge in [0.1, 0.15) is 0 Å². The smallest absolute Gasteiger partial charge is 0.206 e. The van der Waals surface area contributed by atoms with Gasteiger partial charge in [-0.05, 0) is 97.3 Å². The average Bonchev–Trinajstić information content (AvgIpc) is 2.94. The van der Waals surface area contributed by atoms with E-state index >= 15 is 0 Å². The van der Waals surface area contributed by atoms with Crippen LogP contribution in [-0.2, 0) is 22.7 Å². The van der Waals surface area contributed by atoms with Crippen LogP contribution in [0.1, 0.15) is 66.3 Å². The monoisotopic (exact) mass is 558 g/mol. The van der Waals surface area contributed by atoms with Crippen molar-refractivity contribution in [2.45, 2.75) is 71.6 Å². The van der Waals surface area contributed by atoms with Crippen LogP contribution in [0.5, 0.6) is 0 Å². The van der Waals surface area contributed by atoms with Crippen molar-refractivity contribution in [3.05, 3.63) is 119 Å². The minimum atomic E-state index is -3.47. The third-order valence-corrected chi connectivity index (χ3v) is 9.73. The third kappa shape index (κ3) is 6.70. The Balaban J connectivity index is 0.000000177. The van der Waals surface area contributed by atoms with Crippen molar-refractivity contribution in [1.29, 1.82) is 0 Å². The fourth-order valence-corrected chi connectivity index (χ4v) is 7.21. The summed E-state index contributed by atoms with van der Waals surface area (Å²) in [6.07, 6.45) is 4.73. The number of sulfone groups is 1. The lowest BCUT2D eigenvalue weighted by atomic mass is 9.90. The number of carbonyl (C=O) groups is 1. The van der Waals surface area contributed by atoms with Gasteiger partial charge in [0.05, 0.1) is 15.9 Å². The largest absolute Gasteiger partial charge is 0.388 e. The summed E-state index contributed by atoms with van der Waals surface area (Å²) in [7, 11) is -3.47. The Hall–Kier alpha value is -3.19. The SMILES string of the molecule is C.O=C1CCCc2cc(Sc3ccccc3)ccc21.O=S(=O)(c1ccccc1)c1ccc2c(c1)CCC[C@H]2O. The summed E-state index contributed by atoms with van der Waals surface area (Å²) in [5.74, 6) is 0.299. The molecular weight excluding hydrogens is 524 g/mol. The molecule has 39 heavy (non-hydrogen) atoms. The molecule has 0 amide bonds. The highest BCUT2D eigenvalue weighted by atomic mass is 32.2. The Morgan fingerprint density at radius 3 is 2.13 bits per heavy atom. The second-order valence-corrected chi connectivity index (χ2v) is 12.7. The number of hydrogen-bond acceptors (Lipinski definition) is 5. The van der Waals surface area contributed by atoms with Crippen LogP contribution in [0.3, 0.4) is 0 Å². The number of benzene rings is 4. The highest BCUT2D eigenvalue weighted by Crippen LogP contribution is 2.33. The molecule has 4 aromatic carbocycles. The Morgan fingerprint density at radius 2 is 1.38 bits per heavy atom. The van der Waals surface area contributed by atoms with Gasteiger partial charge in [-0.25, -0.2) is 8.42 Å². The van der Waals surface area contributed by atoms with Gasteiger partial charge in [0, 0.05) is 21.8 Å². The molecule has 202 valence electrons. The number of fused-ring (bicyclic) bond motifs is 2. The molecule has 0 heterocycles. The number of aliphatic hydroxyl groups excluding tert-OH is 1. The number of rotatable bonds is 4. The first-order valence-corrected chi connectivity index (χ1v) is 15.2. The molecule has 0 bridgehead atoms. The fourth-order valence-electron chi connectivity index (χ4n) is 4.98. The summed E-state index contributed by atoms with van der Waals surface area (Å²) < 4.78 is 25.1. The highest BCUT2D eigenvalue weighted by molar-refractivity contribution is 7.99. The molecule has 0 aliphatic heterocycles. The molecule has 6 heteroatoms. The first-order valence-electron chi connectivity index (χ1n) is 12.9. The van der Waals surface area contributed by atoms with Gasteiger partial charge >= 0.3 is 0 Å². The summed E-state index contributed by atoms with van der Waals surface area (Å²) in [5.41, 5.74) is 3.95. The van der Waals surface area contributed by atoms with E-state index in [1.165, 1.54) is 15.4 Å². The molecule has 0 fully saturated rings. The lowest BCUT2D eigenvalue weighted by Gasteiger charge is -2.21. The van der Waals surface area contributed by atoms with Crippen LogP contribution in [0.4, 0.5) is 0 Å². The number of Topliss-reactive ketones (excluding diaryl/α,β-unsaturated/α-hetero) is 1. The maximum absolute atomic E-state index is 12.5. The van der Waals surface area contributed by atoms with Crippen molar-refractivity contribution < 1.29 is 18.3 Å². The number of hydrogen-bond donors (Lipinski definition) is 1. The van der Waals surface area contributed by atoms with E-state index < -0.39 is 15.9 Å². The minimum Gasteiger partial charge on any atom is -0.388 e. The summed E-state index contributed by atoms with van der Waals surface area (Å²) in [5, 5.41) is 9.92. The quantitative estimate of drug-likeness (QED) is 0.276. The molecule has 2 aliphatic rings. The van der Waals surface area contributed by atoms with Crippen molar-refractivity contribution in [3.8, 4) is 0 Å². The molecule has 0 aromatic heterocycles. The van der Waals surface area contributed by atoms with E-state index in [9.17, 15) is 18.3 Å². The van der Waals surface area contributed by atoms with Crippen molar-refractivity contribution in [3.63, 3.8) is 0 Å². The van der Waals surface area contributed by atoms with Crippen molar-refractivity contribution in [2.75, 3.05) is 0 Å². The maximum Gasteiger partial charge on any atom is 0.206 e. The molecule has 6 rings (SSSR count). The van der Waals surface area contributed by atoms with Gasteiger partial charge in [-0.2, -0.15) is 0 Å². The predicted octanol–water partition coefficient (Wildman–Crippen LogP) is 7.88. The number of ketones is 1. The summed E-state index contributed by atoms with van der Waals surface area (Å²) >= 11 is 1.75. The summed E-state index contributed by atoms with van der Waals surface area (Å²) in [4.78, 5) is 14.8. The van der Waals surface area contributed by atoms with Crippen LogP contribution in [0.25, 0.3) is 0 Å². The molecule has 1 N–H and O–H groups in total. The average molecular weight is 559 g/mol. The first-order chi connectivity index (χ1) is 18.4. The fraction of sp³-hybridized carbons (Fsp3) is 0.242. The van der Waals surface area contributed by atoms with Gasteiger partial charge in [0.2, 0.25) is 9.84 Å². The number of aryl methyl sites for hydroxylation is 2. The van der Waals surface area contributed by atoms with Gasteiger partial charge in [0.15, 0.2) is 5.78 Å². The van der Waals surface area contributed by atoms with E-state index in [1.807, 2.05) is 24.3 Å². The molecule has 0 spiro atoms. The highest BCUT2D eigenvalue weighted by Gasteiger charge is 2.23. The second kappa shape index (κ2) is 12.8. The lowest BCUT2D eigenvalue weighted by Crippen LogP contribution is -2.11. The predicted molar refractivity (Wildman–Crippen MR) is 157 cm³/mol. The van der Waals surface area contributed by atoms with Gasteiger partial charge in [-0.1, -0.05) is 67.7 Å². The summed E-state index contributed by atoms with van der Waals surface area (Å²) in [6.45, 7) is 0. The Labute approximate surface area is 236 Å².